The largest absolute Gasteiger partial charge is 0.317 e. The molecule has 0 spiro atoms. The maximum absolute atomic E-state index is 4.41. The molecule has 134 valence electrons. The number of allylic oxidation sites excluding steroid dienone is 1. The summed E-state index contributed by atoms with van der Waals surface area (Å²) in [6.07, 6.45) is 8.17. The summed E-state index contributed by atoms with van der Waals surface area (Å²) in [6.45, 7) is 0. The zero-order valence-electron chi connectivity index (χ0n) is 15.4. The lowest BCUT2D eigenvalue weighted by atomic mass is 10.1. The van der Waals surface area contributed by atoms with Crippen molar-refractivity contribution in [1.82, 2.24) is 9.13 Å². The Morgan fingerprint density at radius 3 is 2.46 bits per heavy atom. The minimum Gasteiger partial charge on any atom is -0.317 e. The van der Waals surface area contributed by atoms with E-state index in [-0.39, 0.29) is 0 Å². The lowest BCUT2D eigenvalue weighted by Gasteiger charge is -2.14. The Bertz CT molecular complexity index is 1400. The number of hydrogen-bond donors (Lipinski definition) is 0. The summed E-state index contributed by atoms with van der Waals surface area (Å²) in [5, 5.41) is 3.82. The van der Waals surface area contributed by atoms with Crippen LogP contribution in [0.4, 0.5) is 0 Å². The molecule has 0 saturated carbocycles. The fourth-order valence-electron chi connectivity index (χ4n) is 4.43. The van der Waals surface area contributed by atoms with E-state index >= 15 is 0 Å². The quantitative estimate of drug-likeness (QED) is 0.347. The normalized spacial score (nSPS) is 14.2. The summed E-state index contributed by atoms with van der Waals surface area (Å²) in [4.78, 5) is 4.41. The third-order valence-electron chi connectivity index (χ3n) is 5.67. The van der Waals surface area contributed by atoms with Crippen LogP contribution in [0.1, 0.15) is 12.8 Å². The molecule has 5 aromatic rings. The van der Waals surface area contributed by atoms with Crippen molar-refractivity contribution in [2.24, 2.45) is 4.99 Å². The van der Waals surface area contributed by atoms with E-state index in [2.05, 4.69) is 93.1 Å². The van der Waals surface area contributed by atoms with Gasteiger partial charge in [-0.3, -0.25) is 4.99 Å². The van der Waals surface area contributed by atoms with Crippen LogP contribution in [0.15, 0.2) is 90.2 Å². The molecule has 28 heavy (non-hydrogen) atoms. The average Bonchev–Trinajstić information content (AvgIpc) is 3.34. The molecule has 0 N–H and O–H groups in total. The number of hydrogen-bond acceptors (Lipinski definition) is 1. The van der Waals surface area contributed by atoms with Crippen LogP contribution in [-0.2, 0) is 0 Å². The molecular weight excluding hydrogens is 342 g/mol. The second-order valence-electron chi connectivity index (χ2n) is 7.26. The second-order valence-corrected chi connectivity index (χ2v) is 7.26. The zero-order chi connectivity index (χ0) is 18.5. The van der Waals surface area contributed by atoms with Gasteiger partial charge in [0.25, 0.3) is 0 Å². The van der Waals surface area contributed by atoms with Gasteiger partial charge >= 0.3 is 0 Å². The molecule has 0 radical (unpaired) electrons. The van der Waals surface area contributed by atoms with Gasteiger partial charge in [0, 0.05) is 46.2 Å². The average molecular weight is 361 g/mol. The Hall–Kier alpha value is -3.59. The van der Waals surface area contributed by atoms with Crippen molar-refractivity contribution in [2.45, 2.75) is 12.8 Å². The number of aromatic nitrogens is 2. The Balaban J connectivity index is 1.83. The van der Waals surface area contributed by atoms with Gasteiger partial charge in [-0.05, 0) is 37.1 Å². The molecule has 6 rings (SSSR count). The monoisotopic (exact) mass is 361 g/mol. The van der Waals surface area contributed by atoms with E-state index in [0.29, 0.717) is 0 Å². The predicted octanol–water partition coefficient (Wildman–Crippen LogP) is 6.40. The Morgan fingerprint density at radius 1 is 0.750 bits per heavy atom. The molecule has 0 bridgehead atoms. The molecule has 0 saturated heterocycles. The van der Waals surface area contributed by atoms with Crippen molar-refractivity contribution >= 4 is 44.6 Å². The molecule has 3 heteroatoms. The summed E-state index contributed by atoms with van der Waals surface area (Å²) in [7, 11) is 0. The van der Waals surface area contributed by atoms with Crippen LogP contribution in [0.5, 0.6) is 0 Å². The molecule has 3 aromatic carbocycles. The van der Waals surface area contributed by atoms with Crippen LogP contribution in [0.3, 0.4) is 0 Å². The van der Waals surface area contributed by atoms with Crippen molar-refractivity contribution in [3.05, 3.63) is 85.2 Å². The van der Waals surface area contributed by atoms with E-state index in [4.69, 9.17) is 0 Å². The fraction of sp³-hybridized carbons (Fsp3) is 0.0800. The minimum atomic E-state index is 0.989. The summed E-state index contributed by atoms with van der Waals surface area (Å²) >= 11 is 0. The smallest absolute Gasteiger partial charge is 0.0788 e. The van der Waals surface area contributed by atoms with E-state index in [0.717, 1.165) is 12.8 Å². The molecule has 3 heterocycles. The van der Waals surface area contributed by atoms with E-state index < -0.39 is 0 Å². The molecule has 0 atom stereocenters. The van der Waals surface area contributed by atoms with Gasteiger partial charge in [-0.15, -0.1) is 0 Å². The number of rotatable bonds is 2. The van der Waals surface area contributed by atoms with Crippen molar-refractivity contribution in [1.29, 1.82) is 0 Å². The van der Waals surface area contributed by atoms with E-state index in [1.54, 1.807) is 0 Å². The van der Waals surface area contributed by atoms with E-state index in [1.807, 2.05) is 12.4 Å². The van der Waals surface area contributed by atoms with Crippen molar-refractivity contribution in [3.8, 4) is 5.69 Å². The van der Waals surface area contributed by atoms with E-state index in [1.165, 1.54) is 44.1 Å². The van der Waals surface area contributed by atoms with Gasteiger partial charge in [0.1, 0.15) is 0 Å². The maximum atomic E-state index is 4.41. The lowest BCUT2D eigenvalue weighted by Crippen LogP contribution is -2.01. The van der Waals surface area contributed by atoms with Gasteiger partial charge < -0.3 is 9.13 Å². The van der Waals surface area contributed by atoms with Gasteiger partial charge in [0.05, 0.1) is 16.6 Å². The van der Waals surface area contributed by atoms with Gasteiger partial charge in [-0.25, -0.2) is 0 Å². The number of aliphatic imine (C=N–C) groups is 1. The molecule has 1 aliphatic heterocycles. The molecule has 0 fully saturated rings. The number of nitrogens with zero attached hydrogens (tertiary/aromatic N) is 3. The zero-order valence-corrected chi connectivity index (χ0v) is 15.4. The Kier molecular flexibility index (Phi) is 3.29. The SMILES string of the molecule is C1=NC=C(n2ccc3ccc4c5ccccc5n(-c5ccccc5)c4c32)CC1. The summed E-state index contributed by atoms with van der Waals surface area (Å²) in [6, 6.07) is 26.0. The minimum absolute atomic E-state index is 0.989. The fourth-order valence-corrected chi connectivity index (χ4v) is 4.43. The highest BCUT2D eigenvalue weighted by atomic mass is 15.0. The standard InChI is InChI=1S/C25H19N3/c1-2-7-19(8-3-1)28-23-11-5-4-10-21(23)22-13-12-18-14-16-27(24(18)25(22)28)20-9-6-15-26-17-20/h1-5,7-8,10-17H,6,9H2. The molecule has 1 aliphatic rings. The maximum Gasteiger partial charge on any atom is 0.0788 e. The lowest BCUT2D eigenvalue weighted by molar-refractivity contribution is 0.987. The van der Waals surface area contributed by atoms with Crippen molar-refractivity contribution < 1.29 is 0 Å². The van der Waals surface area contributed by atoms with Gasteiger partial charge in [-0.2, -0.15) is 0 Å². The molecule has 2 aromatic heterocycles. The molecule has 0 aliphatic carbocycles. The van der Waals surface area contributed by atoms with Gasteiger partial charge in [0.15, 0.2) is 0 Å². The summed E-state index contributed by atoms with van der Waals surface area (Å²) in [5.41, 5.74) is 6.17. The predicted molar refractivity (Wildman–Crippen MR) is 118 cm³/mol. The van der Waals surface area contributed by atoms with Crippen LogP contribution in [0.2, 0.25) is 0 Å². The number of benzene rings is 3. The highest BCUT2D eigenvalue weighted by molar-refractivity contribution is 6.18. The van der Waals surface area contributed by atoms with Crippen LogP contribution in [0.25, 0.3) is 44.1 Å². The Labute approximate surface area is 162 Å². The second kappa shape index (κ2) is 5.96. The third kappa shape index (κ3) is 2.13. The summed E-state index contributed by atoms with van der Waals surface area (Å²) in [5.74, 6) is 0. The van der Waals surface area contributed by atoms with Crippen molar-refractivity contribution in [2.75, 3.05) is 0 Å². The van der Waals surface area contributed by atoms with Crippen LogP contribution in [-0.4, -0.2) is 15.3 Å². The first-order valence-electron chi connectivity index (χ1n) is 9.71. The van der Waals surface area contributed by atoms with Crippen LogP contribution < -0.4 is 0 Å². The van der Waals surface area contributed by atoms with Crippen LogP contribution in [0, 0.1) is 0 Å². The van der Waals surface area contributed by atoms with Gasteiger partial charge in [0.2, 0.25) is 0 Å². The molecule has 0 amide bonds. The first-order valence-corrected chi connectivity index (χ1v) is 9.71. The first kappa shape index (κ1) is 15.5. The first-order chi connectivity index (χ1) is 13.9. The molecule has 0 unspecified atom stereocenters. The van der Waals surface area contributed by atoms with Crippen LogP contribution >= 0.6 is 0 Å². The number of fused-ring (bicyclic) bond motifs is 5. The molecular formula is C25H19N3. The third-order valence-corrected chi connectivity index (χ3v) is 5.67. The van der Waals surface area contributed by atoms with Crippen molar-refractivity contribution in [3.63, 3.8) is 0 Å². The van der Waals surface area contributed by atoms with E-state index in [9.17, 15) is 0 Å². The van der Waals surface area contributed by atoms with Gasteiger partial charge in [-0.1, -0.05) is 48.5 Å². The Morgan fingerprint density at radius 2 is 1.61 bits per heavy atom. The number of para-hydroxylation sites is 2. The molecule has 3 nitrogen and oxygen atoms in total. The topological polar surface area (TPSA) is 22.2 Å². The highest BCUT2D eigenvalue weighted by Gasteiger charge is 2.18. The summed E-state index contributed by atoms with van der Waals surface area (Å²) < 4.78 is 4.72. The highest BCUT2D eigenvalue weighted by Crippen LogP contribution is 2.38.